The number of halogens is 1. The van der Waals surface area contributed by atoms with Crippen LogP contribution in [-0.4, -0.2) is 51.8 Å². The van der Waals surface area contributed by atoms with Gasteiger partial charge in [-0.25, -0.2) is 14.1 Å². The number of aromatic nitrogens is 3. The molecule has 0 aliphatic carbocycles. The standard InChI is InChI=1S/C24H22FN5OS/c1-17-2-4-18(5-3-17)22-21(16-30(27-22)20-8-6-19(25)7-9-20)23(31)28-11-13-29(14-12-28)24-26-10-15-32-24/h2-10,15-16H,11-14H2,1H3. The molecule has 2 aromatic carbocycles. The third-order valence-electron chi connectivity index (χ3n) is 5.62. The van der Waals surface area contributed by atoms with E-state index in [-0.39, 0.29) is 11.7 Å². The van der Waals surface area contributed by atoms with Crippen LogP contribution in [-0.2, 0) is 0 Å². The Morgan fingerprint density at radius 2 is 1.72 bits per heavy atom. The highest BCUT2D eigenvalue weighted by atomic mass is 32.1. The third-order valence-corrected chi connectivity index (χ3v) is 6.45. The van der Waals surface area contributed by atoms with Gasteiger partial charge < -0.3 is 9.80 Å². The second kappa shape index (κ2) is 8.55. The molecule has 3 heterocycles. The maximum Gasteiger partial charge on any atom is 0.257 e. The van der Waals surface area contributed by atoms with E-state index in [1.54, 1.807) is 40.5 Å². The number of nitrogens with zero attached hydrogens (tertiary/aromatic N) is 5. The first-order chi connectivity index (χ1) is 15.6. The lowest BCUT2D eigenvalue weighted by Gasteiger charge is -2.34. The predicted octanol–water partition coefficient (Wildman–Crippen LogP) is 4.41. The Labute approximate surface area is 189 Å². The van der Waals surface area contributed by atoms with Gasteiger partial charge in [-0.05, 0) is 31.2 Å². The van der Waals surface area contributed by atoms with Crippen molar-refractivity contribution in [2.45, 2.75) is 6.92 Å². The summed E-state index contributed by atoms with van der Waals surface area (Å²) in [5.41, 5.74) is 3.88. The molecule has 5 rings (SSSR count). The summed E-state index contributed by atoms with van der Waals surface area (Å²) in [7, 11) is 0. The summed E-state index contributed by atoms with van der Waals surface area (Å²) in [5, 5.41) is 7.66. The fraction of sp³-hybridized carbons (Fsp3) is 0.208. The van der Waals surface area contributed by atoms with Gasteiger partial charge in [0.05, 0.1) is 11.3 Å². The molecule has 8 heteroatoms. The molecule has 0 spiro atoms. The monoisotopic (exact) mass is 447 g/mol. The van der Waals surface area contributed by atoms with E-state index in [4.69, 9.17) is 5.10 Å². The second-order valence-electron chi connectivity index (χ2n) is 7.77. The minimum absolute atomic E-state index is 0.0484. The zero-order chi connectivity index (χ0) is 22.1. The van der Waals surface area contributed by atoms with Gasteiger partial charge in [-0.15, -0.1) is 11.3 Å². The van der Waals surface area contributed by atoms with Gasteiger partial charge in [-0.3, -0.25) is 4.79 Å². The zero-order valence-corrected chi connectivity index (χ0v) is 18.4. The van der Waals surface area contributed by atoms with Gasteiger partial charge in [0.1, 0.15) is 11.5 Å². The van der Waals surface area contributed by atoms with E-state index >= 15 is 0 Å². The summed E-state index contributed by atoms with van der Waals surface area (Å²) in [5.74, 6) is -0.359. The smallest absolute Gasteiger partial charge is 0.257 e. The Balaban J connectivity index is 1.45. The molecule has 0 atom stereocenters. The van der Waals surface area contributed by atoms with Crippen molar-refractivity contribution < 1.29 is 9.18 Å². The number of carbonyl (C=O) groups is 1. The van der Waals surface area contributed by atoms with Crippen LogP contribution in [0.25, 0.3) is 16.9 Å². The number of piperazine rings is 1. The highest BCUT2D eigenvalue weighted by molar-refractivity contribution is 7.13. The first-order valence-corrected chi connectivity index (χ1v) is 11.3. The Morgan fingerprint density at radius 3 is 2.38 bits per heavy atom. The number of hydrogen-bond acceptors (Lipinski definition) is 5. The highest BCUT2D eigenvalue weighted by Crippen LogP contribution is 2.27. The maximum absolute atomic E-state index is 13.5. The summed E-state index contributed by atoms with van der Waals surface area (Å²) >= 11 is 1.61. The molecule has 1 saturated heterocycles. The topological polar surface area (TPSA) is 54.3 Å². The number of amides is 1. The normalized spacial score (nSPS) is 14.1. The van der Waals surface area contributed by atoms with Crippen molar-refractivity contribution in [3.8, 4) is 16.9 Å². The van der Waals surface area contributed by atoms with Gasteiger partial charge in [0.15, 0.2) is 5.13 Å². The molecule has 1 fully saturated rings. The van der Waals surface area contributed by atoms with Crippen LogP contribution in [0.1, 0.15) is 15.9 Å². The molecule has 1 aliphatic heterocycles. The minimum Gasteiger partial charge on any atom is -0.345 e. The van der Waals surface area contributed by atoms with Gasteiger partial charge in [0, 0.05) is 49.5 Å². The van der Waals surface area contributed by atoms with Crippen LogP contribution in [0.2, 0.25) is 0 Å². The van der Waals surface area contributed by atoms with E-state index in [1.807, 2.05) is 41.5 Å². The lowest BCUT2D eigenvalue weighted by atomic mass is 10.1. The SMILES string of the molecule is Cc1ccc(-c2nn(-c3ccc(F)cc3)cc2C(=O)N2CCN(c3nccs3)CC2)cc1. The predicted molar refractivity (Wildman–Crippen MR) is 124 cm³/mol. The molecule has 0 unspecified atom stereocenters. The van der Waals surface area contributed by atoms with Crippen LogP contribution in [0.4, 0.5) is 9.52 Å². The van der Waals surface area contributed by atoms with Gasteiger partial charge >= 0.3 is 0 Å². The molecule has 4 aromatic rings. The molecule has 32 heavy (non-hydrogen) atoms. The summed E-state index contributed by atoms with van der Waals surface area (Å²) in [6, 6.07) is 14.1. The van der Waals surface area contributed by atoms with E-state index in [2.05, 4.69) is 9.88 Å². The number of aryl methyl sites for hydroxylation is 1. The largest absolute Gasteiger partial charge is 0.345 e. The van der Waals surface area contributed by atoms with E-state index in [9.17, 15) is 9.18 Å². The summed E-state index contributed by atoms with van der Waals surface area (Å²) in [6.45, 7) is 4.74. The lowest BCUT2D eigenvalue weighted by molar-refractivity contribution is 0.0747. The lowest BCUT2D eigenvalue weighted by Crippen LogP contribution is -2.48. The Bertz CT molecular complexity index is 1210. The van der Waals surface area contributed by atoms with Crippen molar-refractivity contribution in [1.29, 1.82) is 0 Å². The number of thiazole rings is 1. The molecule has 0 saturated carbocycles. The van der Waals surface area contributed by atoms with Gasteiger partial charge in [-0.1, -0.05) is 29.8 Å². The summed E-state index contributed by atoms with van der Waals surface area (Å²) in [6.07, 6.45) is 3.55. The number of rotatable bonds is 4. The Hall–Kier alpha value is -3.52. The molecule has 2 aromatic heterocycles. The van der Waals surface area contributed by atoms with Crippen LogP contribution in [0.15, 0.2) is 66.3 Å². The van der Waals surface area contributed by atoms with Crippen LogP contribution < -0.4 is 4.90 Å². The first-order valence-electron chi connectivity index (χ1n) is 10.4. The second-order valence-corrected chi connectivity index (χ2v) is 8.65. The van der Waals surface area contributed by atoms with Crippen LogP contribution in [0.3, 0.4) is 0 Å². The molecule has 162 valence electrons. The molecular weight excluding hydrogens is 425 g/mol. The average Bonchev–Trinajstić information content (AvgIpc) is 3.51. The molecular formula is C24H22FN5OS. The van der Waals surface area contributed by atoms with Crippen molar-refractivity contribution >= 4 is 22.4 Å². The van der Waals surface area contributed by atoms with Gasteiger partial charge in [0.25, 0.3) is 5.91 Å². The molecule has 6 nitrogen and oxygen atoms in total. The van der Waals surface area contributed by atoms with Crippen molar-refractivity contribution in [3.05, 3.63) is 83.2 Å². The molecule has 0 radical (unpaired) electrons. The van der Waals surface area contributed by atoms with Crippen LogP contribution >= 0.6 is 11.3 Å². The van der Waals surface area contributed by atoms with Crippen molar-refractivity contribution in [1.82, 2.24) is 19.7 Å². The third kappa shape index (κ3) is 4.01. The molecule has 0 bridgehead atoms. The number of hydrogen-bond donors (Lipinski definition) is 0. The fourth-order valence-corrected chi connectivity index (χ4v) is 4.52. The van der Waals surface area contributed by atoms with Gasteiger partial charge in [-0.2, -0.15) is 5.10 Å². The first kappa shape index (κ1) is 20.4. The van der Waals surface area contributed by atoms with E-state index in [1.165, 1.54) is 12.1 Å². The highest BCUT2D eigenvalue weighted by Gasteiger charge is 2.27. The number of anilines is 1. The van der Waals surface area contributed by atoms with Crippen molar-refractivity contribution in [2.75, 3.05) is 31.1 Å². The number of benzene rings is 2. The van der Waals surface area contributed by atoms with E-state index in [0.29, 0.717) is 30.0 Å². The van der Waals surface area contributed by atoms with E-state index < -0.39 is 0 Å². The molecule has 0 N–H and O–H groups in total. The van der Waals surface area contributed by atoms with E-state index in [0.717, 1.165) is 29.3 Å². The summed E-state index contributed by atoms with van der Waals surface area (Å²) in [4.78, 5) is 22.0. The Kier molecular flexibility index (Phi) is 5.45. The van der Waals surface area contributed by atoms with Crippen LogP contribution in [0.5, 0.6) is 0 Å². The number of carbonyl (C=O) groups excluding carboxylic acids is 1. The quantitative estimate of drug-likeness (QED) is 0.465. The Morgan fingerprint density at radius 1 is 1.00 bits per heavy atom. The van der Waals surface area contributed by atoms with Crippen molar-refractivity contribution in [3.63, 3.8) is 0 Å². The average molecular weight is 448 g/mol. The van der Waals surface area contributed by atoms with Crippen LogP contribution in [0, 0.1) is 12.7 Å². The van der Waals surface area contributed by atoms with Crippen molar-refractivity contribution in [2.24, 2.45) is 0 Å². The zero-order valence-electron chi connectivity index (χ0n) is 17.6. The molecule has 1 aliphatic rings. The summed E-state index contributed by atoms with van der Waals surface area (Å²) < 4.78 is 15.0. The maximum atomic E-state index is 13.5. The minimum atomic E-state index is -0.311. The fourth-order valence-electron chi connectivity index (χ4n) is 3.82. The molecule has 1 amide bonds. The van der Waals surface area contributed by atoms with Gasteiger partial charge in [0.2, 0.25) is 0 Å².